The molecule has 0 aliphatic rings. The Morgan fingerprint density at radius 2 is 1.82 bits per heavy atom. The van der Waals surface area contributed by atoms with Crippen molar-refractivity contribution in [2.45, 2.75) is 41.0 Å². The summed E-state index contributed by atoms with van der Waals surface area (Å²) in [6.07, 6.45) is 3.32. The van der Waals surface area contributed by atoms with E-state index in [4.69, 9.17) is 0 Å². The van der Waals surface area contributed by atoms with Crippen molar-refractivity contribution in [1.29, 1.82) is 0 Å². The summed E-state index contributed by atoms with van der Waals surface area (Å²) in [7, 11) is 0. The Kier molecular flexibility index (Phi) is 3.85. The van der Waals surface area contributed by atoms with Crippen molar-refractivity contribution in [3.05, 3.63) is 12.7 Å². The number of rotatable bonds is 3. The fraction of sp³-hybridized carbons (Fsp3) is 0.818. The smallest absolute Gasteiger partial charge is 0.0231 e. The minimum Gasteiger partial charge on any atom is -0.103 e. The molecular formula is C11H22. The highest BCUT2D eigenvalue weighted by Gasteiger charge is 2.25. The van der Waals surface area contributed by atoms with Crippen LogP contribution in [0.3, 0.4) is 0 Å². The first-order chi connectivity index (χ1) is 4.93. The van der Waals surface area contributed by atoms with E-state index in [0.717, 1.165) is 5.92 Å². The molecule has 0 nitrogen and oxygen atoms in total. The van der Waals surface area contributed by atoms with Crippen LogP contribution < -0.4 is 0 Å². The van der Waals surface area contributed by atoms with Crippen molar-refractivity contribution < 1.29 is 0 Å². The van der Waals surface area contributed by atoms with Crippen LogP contribution in [0.2, 0.25) is 0 Å². The van der Waals surface area contributed by atoms with Crippen LogP contribution >= 0.6 is 0 Å². The Hall–Kier alpha value is -0.260. The zero-order valence-corrected chi connectivity index (χ0v) is 8.65. The molecular weight excluding hydrogens is 132 g/mol. The van der Waals surface area contributed by atoms with Crippen LogP contribution in [0, 0.1) is 17.3 Å². The van der Waals surface area contributed by atoms with Gasteiger partial charge in [-0.2, -0.15) is 0 Å². The minimum absolute atomic E-state index is 0.419. The second-order valence-electron chi connectivity index (χ2n) is 4.48. The Labute approximate surface area is 71.7 Å². The lowest BCUT2D eigenvalue weighted by atomic mass is 9.72. The average molecular weight is 154 g/mol. The molecule has 11 heavy (non-hydrogen) atoms. The van der Waals surface area contributed by atoms with E-state index >= 15 is 0 Å². The van der Waals surface area contributed by atoms with E-state index in [1.54, 1.807) is 0 Å². The van der Waals surface area contributed by atoms with Crippen molar-refractivity contribution in [2.75, 3.05) is 0 Å². The molecule has 2 unspecified atom stereocenters. The zero-order chi connectivity index (χ0) is 9.07. The second-order valence-corrected chi connectivity index (χ2v) is 4.48. The molecule has 0 aromatic rings. The van der Waals surface area contributed by atoms with Crippen molar-refractivity contribution in [3.63, 3.8) is 0 Å². The first kappa shape index (κ1) is 10.7. The highest BCUT2D eigenvalue weighted by Crippen LogP contribution is 2.34. The van der Waals surface area contributed by atoms with E-state index in [1.165, 1.54) is 6.42 Å². The van der Waals surface area contributed by atoms with Gasteiger partial charge >= 0.3 is 0 Å². The molecule has 0 saturated heterocycles. The highest BCUT2D eigenvalue weighted by atomic mass is 14.3. The Morgan fingerprint density at radius 3 is 1.91 bits per heavy atom. The summed E-state index contributed by atoms with van der Waals surface area (Å²) in [6.45, 7) is 15.3. The standard InChI is InChI=1S/C11H22/c1-7-9(3)10(8-2)11(4,5)6/h7,9-10H,1,8H2,2-6H3. The molecule has 0 bridgehead atoms. The van der Waals surface area contributed by atoms with Gasteiger partial charge in [-0.3, -0.25) is 0 Å². The highest BCUT2D eigenvalue weighted by molar-refractivity contribution is 4.86. The molecule has 0 amide bonds. The normalized spacial score (nSPS) is 17.5. The summed E-state index contributed by atoms with van der Waals surface area (Å²) in [5, 5.41) is 0. The molecule has 0 radical (unpaired) electrons. The van der Waals surface area contributed by atoms with E-state index in [1.807, 2.05) is 0 Å². The van der Waals surface area contributed by atoms with E-state index in [0.29, 0.717) is 11.3 Å². The lowest BCUT2D eigenvalue weighted by Gasteiger charge is -2.33. The van der Waals surface area contributed by atoms with Gasteiger partial charge in [0.05, 0.1) is 0 Å². The third-order valence-corrected chi connectivity index (χ3v) is 2.56. The predicted molar refractivity (Wildman–Crippen MR) is 52.6 cm³/mol. The van der Waals surface area contributed by atoms with Gasteiger partial charge in [-0.1, -0.05) is 47.1 Å². The maximum Gasteiger partial charge on any atom is -0.0231 e. The van der Waals surface area contributed by atoms with Crippen LogP contribution in [0.25, 0.3) is 0 Å². The monoisotopic (exact) mass is 154 g/mol. The van der Waals surface area contributed by atoms with Crippen LogP contribution in [0.4, 0.5) is 0 Å². The summed E-state index contributed by atoms with van der Waals surface area (Å²) in [6, 6.07) is 0. The molecule has 0 spiro atoms. The van der Waals surface area contributed by atoms with Gasteiger partial charge < -0.3 is 0 Å². The van der Waals surface area contributed by atoms with Crippen LogP contribution in [0.15, 0.2) is 12.7 Å². The quantitative estimate of drug-likeness (QED) is 0.541. The third kappa shape index (κ3) is 3.09. The maximum atomic E-state index is 3.84. The van der Waals surface area contributed by atoms with Crippen LogP contribution in [-0.4, -0.2) is 0 Å². The molecule has 0 heterocycles. The number of allylic oxidation sites excluding steroid dienone is 1. The Morgan fingerprint density at radius 1 is 1.36 bits per heavy atom. The molecule has 0 aromatic carbocycles. The summed E-state index contributed by atoms with van der Waals surface area (Å²) in [5.74, 6) is 1.40. The van der Waals surface area contributed by atoms with Gasteiger partial charge in [-0.15, -0.1) is 6.58 Å². The molecule has 66 valence electrons. The second kappa shape index (κ2) is 3.94. The third-order valence-electron chi connectivity index (χ3n) is 2.56. The lowest BCUT2D eigenvalue weighted by Crippen LogP contribution is -2.24. The average Bonchev–Trinajstić information content (AvgIpc) is 1.86. The minimum atomic E-state index is 0.419. The Balaban J connectivity index is 4.27. The van der Waals surface area contributed by atoms with Crippen molar-refractivity contribution >= 4 is 0 Å². The molecule has 0 aromatic heterocycles. The SMILES string of the molecule is C=CC(C)C(CC)C(C)(C)C. The first-order valence-electron chi connectivity index (χ1n) is 4.56. The van der Waals surface area contributed by atoms with Crippen LogP contribution in [-0.2, 0) is 0 Å². The van der Waals surface area contributed by atoms with Crippen molar-refractivity contribution in [1.82, 2.24) is 0 Å². The summed E-state index contributed by atoms with van der Waals surface area (Å²) < 4.78 is 0. The molecule has 0 fully saturated rings. The van der Waals surface area contributed by atoms with Gasteiger partial charge in [0.25, 0.3) is 0 Å². The van der Waals surface area contributed by atoms with Gasteiger partial charge in [0.1, 0.15) is 0 Å². The van der Waals surface area contributed by atoms with Gasteiger partial charge in [0.15, 0.2) is 0 Å². The fourth-order valence-corrected chi connectivity index (χ4v) is 1.94. The summed E-state index contributed by atoms with van der Waals surface area (Å²) in [4.78, 5) is 0. The fourth-order valence-electron chi connectivity index (χ4n) is 1.94. The summed E-state index contributed by atoms with van der Waals surface area (Å²) in [5.41, 5.74) is 0.419. The molecule has 0 aliphatic carbocycles. The van der Waals surface area contributed by atoms with Gasteiger partial charge in [0, 0.05) is 0 Å². The first-order valence-corrected chi connectivity index (χ1v) is 4.56. The number of hydrogen-bond donors (Lipinski definition) is 0. The summed E-state index contributed by atoms with van der Waals surface area (Å²) >= 11 is 0. The van der Waals surface area contributed by atoms with Crippen molar-refractivity contribution in [2.24, 2.45) is 17.3 Å². The predicted octanol–water partition coefficient (Wildman–Crippen LogP) is 3.88. The molecule has 0 heteroatoms. The van der Waals surface area contributed by atoms with Gasteiger partial charge in [-0.25, -0.2) is 0 Å². The maximum absolute atomic E-state index is 3.84. The molecule has 0 saturated carbocycles. The largest absolute Gasteiger partial charge is 0.103 e. The van der Waals surface area contributed by atoms with E-state index in [9.17, 15) is 0 Å². The zero-order valence-electron chi connectivity index (χ0n) is 8.65. The van der Waals surface area contributed by atoms with E-state index in [2.05, 4.69) is 47.3 Å². The lowest BCUT2D eigenvalue weighted by molar-refractivity contribution is 0.187. The molecule has 0 aliphatic heterocycles. The van der Waals surface area contributed by atoms with Crippen molar-refractivity contribution in [3.8, 4) is 0 Å². The van der Waals surface area contributed by atoms with Crippen LogP contribution in [0.5, 0.6) is 0 Å². The van der Waals surface area contributed by atoms with Gasteiger partial charge in [0.2, 0.25) is 0 Å². The number of hydrogen-bond acceptors (Lipinski definition) is 0. The van der Waals surface area contributed by atoms with E-state index < -0.39 is 0 Å². The topological polar surface area (TPSA) is 0 Å². The van der Waals surface area contributed by atoms with E-state index in [-0.39, 0.29) is 0 Å². The van der Waals surface area contributed by atoms with Crippen LogP contribution in [0.1, 0.15) is 41.0 Å². The van der Waals surface area contributed by atoms with Gasteiger partial charge in [-0.05, 0) is 17.3 Å². The molecule has 0 N–H and O–H groups in total. The molecule has 0 rings (SSSR count). The molecule has 2 atom stereocenters. The Bertz CT molecular complexity index is 116.